The van der Waals surface area contributed by atoms with E-state index in [2.05, 4.69) is 15.5 Å². The van der Waals surface area contributed by atoms with Crippen molar-refractivity contribution in [3.05, 3.63) is 29.7 Å². The van der Waals surface area contributed by atoms with Gasteiger partial charge in [-0.1, -0.05) is 0 Å². The minimum Gasteiger partial charge on any atom is -0.382 e. The minimum atomic E-state index is -0.0905. The maximum atomic E-state index is 11.7. The highest BCUT2D eigenvalue weighted by Gasteiger charge is 2.06. The first-order chi connectivity index (χ1) is 9.06. The van der Waals surface area contributed by atoms with Gasteiger partial charge in [0.05, 0.1) is 6.54 Å². The van der Waals surface area contributed by atoms with Gasteiger partial charge in [0, 0.05) is 30.2 Å². The molecule has 7 nitrogen and oxygen atoms in total. The Morgan fingerprint density at radius 1 is 1.47 bits per heavy atom. The Morgan fingerprint density at radius 3 is 2.84 bits per heavy atom. The SMILES string of the molecule is Cc1cn(CC(=O)NCCn2nccc2C)nc1N. The first kappa shape index (κ1) is 13.1. The Bertz CT molecular complexity index is 551. The van der Waals surface area contributed by atoms with Crippen LogP contribution >= 0.6 is 0 Å². The monoisotopic (exact) mass is 262 g/mol. The Balaban J connectivity index is 1.77. The third kappa shape index (κ3) is 3.34. The van der Waals surface area contributed by atoms with Crippen molar-refractivity contribution < 1.29 is 4.79 Å². The molecule has 0 fully saturated rings. The van der Waals surface area contributed by atoms with Crippen LogP contribution in [0.2, 0.25) is 0 Å². The number of carbonyl (C=O) groups excluding carboxylic acids is 1. The summed E-state index contributed by atoms with van der Waals surface area (Å²) in [6.07, 6.45) is 3.50. The molecule has 2 rings (SSSR count). The largest absolute Gasteiger partial charge is 0.382 e. The molecule has 0 unspecified atom stereocenters. The van der Waals surface area contributed by atoms with E-state index in [4.69, 9.17) is 5.73 Å². The van der Waals surface area contributed by atoms with Crippen LogP contribution in [0.15, 0.2) is 18.5 Å². The number of aromatic nitrogens is 4. The average molecular weight is 262 g/mol. The number of rotatable bonds is 5. The van der Waals surface area contributed by atoms with Gasteiger partial charge in [0.2, 0.25) is 5.91 Å². The van der Waals surface area contributed by atoms with E-state index < -0.39 is 0 Å². The second-order valence-corrected chi connectivity index (χ2v) is 4.44. The molecular formula is C12H18N6O. The molecule has 102 valence electrons. The Labute approximate surface area is 111 Å². The van der Waals surface area contributed by atoms with Crippen molar-refractivity contribution in [2.75, 3.05) is 12.3 Å². The second-order valence-electron chi connectivity index (χ2n) is 4.44. The van der Waals surface area contributed by atoms with Crippen LogP contribution in [0.25, 0.3) is 0 Å². The van der Waals surface area contributed by atoms with Crippen molar-refractivity contribution in [2.45, 2.75) is 26.9 Å². The van der Waals surface area contributed by atoms with Gasteiger partial charge in [0.1, 0.15) is 12.4 Å². The van der Waals surface area contributed by atoms with Crippen LogP contribution in [0, 0.1) is 13.8 Å². The first-order valence-electron chi connectivity index (χ1n) is 6.11. The quantitative estimate of drug-likeness (QED) is 0.799. The molecule has 0 aromatic carbocycles. The molecule has 19 heavy (non-hydrogen) atoms. The summed E-state index contributed by atoms with van der Waals surface area (Å²) in [4.78, 5) is 11.7. The fourth-order valence-electron chi connectivity index (χ4n) is 1.75. The van der Waals surface area contributed by atoms with E-state index in [0.717, 1.165) is 11.3 Å². The molecule has 2 heterocycles. The number of amides is 1. The normalized spacial score (nSPS) is 10.6. The molecule has 0 atom stereocenters. The van der Waals surface area contributed by atoms with Gasteiger partial charge in [-0.2, -0.15) is 10.2 Å². The van der Waals surface area contributed by atoms with Crippen LogP contribution < -0.4 is 11.1 Å². The van der Waals surface area contributed by atoms with Gasteiger partial charge in [0.15, 0.2) is 0 Å². The molecule has 0 spiro atoms. The lowest BCUT2D eigenvalue weighted by atomic mass is 10.4. The third-order valence-corrected chi connectivity index (χ3v) is 2.86. The summed E-state index contributed by atoms with van der Waals surface area (Å²) in [7, 11) is 0. The summed E-state index contributed by atoms with van der Waals surface area (Å²) in [6, 6.07) is 1.93. The van der Waals surface area contributed by atoms with E-state index in [1.54, 1.807) is 17.1 Å². The zero-order valence-electron chi connectivity index (χ0n) is 11.1. The number of anilines is 1. The second kappa shape index (κ2) is 5.55. The third-order valence-electron chi connectivity index (χ3n) is 2.86. The molecule has 0 aliphatic rings. The maximum absolute atomic E-state index is 11.7. The van der Waals surface area contributed by atoms with Crippen molar-refractivity contribution in [3.8, 4) is 0 Å². The highest BCUT2D eigenvalue weighted by Crippen LogP contribution is 2.05. The van der Waals surface area contributed by atoms with E-state index in [1.807, 2.05) is 24.6 Å². The molecule has 0 bridgehead atoms. The van der Waals surface area contributed by atoms with Gasteiger partial charge in [-0.15, -0.1) is 0 Å². The van der Waals surface area contributed by atoms with Gasteiger partial charge < -0.3 is 11.1 Å². The first-order valence-corrected chi connectivity index (χ1v) is 6.11. The smallest absolute Gasteiger partial charge is 0.241 e. The highest BCUT2D eigenvalue weighted by atomic mass is 16.2. The molecule has 0 saturated heterocycles. The number of nitrogens with one attached hydrogen (secondary N) is 1. The van der Waals surface area contributed by atoms with E-state index in [9.17, 15) is 4.79 Å². The predicted molar refractivity (Wildman–Crippen MR) is 71.4 cm³/mol. The van der Waals surface area contributed by atoms with Crippen LogP contribution in [-0.2, 0) is 17.9 Å². The number of nitrogens with zero attached hydrogens (tertiary/aromatic N) is 4. The summed E-state index contributed by atoms with van der Waals surface area (Å²) in [5.41, 5.74) is 7.57. The average Bonchev–Trinajstić information content (AvgIpc) is 2.87. The maximum Gasteiger partial charge on any atom is 0.241 e. The van der Waals surface area contributed by atoms with E-state index in [-0.39, 0.29) is 12.5 Å². The Morgan fingerprint density at radius 2 is 2.26 bits per heavy atom. The topological polar surface area (TPSA) is 90.8 Å². The lowest BCUT2D eigenvalue weighted by Gasteiger charge is -2.07. The molecule has 3 N–H and O–H groups in total. The molecule has 0 radical (unpaired) electrons. The van der Waals surface area contributed by atoms with Crippen molar-refractivity contribution in [1.82, 2.24) is 24.9 Å². The molecule has 0 aliphatic heterocycles. The predicted octanol–water partition coefficient (Wildman–Crippen LogP) is 0.0950. The van der Waals surface area contributed by atoms with Crippen molar-refractivity contribution >= 4 is 11.7 Å². The molecule has 0 saturated carbocycles. The van der Waals surface area contributed by atoms with Crippen LogP contribution in [0.3, 0.4) is 0 Å². The summed E-state index contributed by atoms with van der Waals surface area (Å²) in [5, 5.41) is 11.0. The Kier molecular flexibility index (Phi) is 3.84. The molecular weight excluding hydrogens is 244 g/mol. The summed E-state index contributed by atoms with van der Waals surface area (Å²) >= 11 is 0. The van der Waals surface area contributed by atoms with Crippen LogP contribution in [0.5, 0.6) is 0 Å². The number of hydrogen-bond acceptors (Lipinski definition) is 4. The summed E-state index contributed by atoms with van der Waals surface area (Å²) < 4.78 is 3.38. The number of aryl methyl sites for hydroxylation is 2. The van der Waals surface area contributed by atoms with Gasteiger partial charge >= 0.3 is 0 Å². The van der Waals surface area contributed by atoms with Crippen LogP contribution in [0.4, 0.5) is 5.82 Å². The van der Waals surface area contributed by atoms with Gasteiger partial charge in [-0.3, -0.25) is 14.2 Å². The number of carbonyl (C=O) groups is 1. The van der Waals surface area contributed by atoms with E-state index >= 15 is 0 Å². The fourth-order valence-corrected chi connectivity index (χ4v) is 1.75. The van der Waals surface area contributed by atoms with Crippen molar-refractivity contribution in [1.29, 1.82) is 0 Å². The highest BCUT2D eigenvalue weighted by molar-refractivity contribution is 5.75. The van der Waals surface area contributed by atoms with Gasteiger partial charge in [0.25, 0.3) is 0 Å². The molecule has 0 aliphatic carbocycles. The fraction of sp³-hybridized carbons (Fsp3) is 0.417. The van der Waals surface area contributed by atoms with Crippen molar-refractivity contribution in [2.24, 2.45) is 0 Å². The van der Waals surface area contributed by atoms with Crippen LogP contribution in [0.1, 0.15) is 11.3 Å². The number of hydrogen-bond donors (Lipinski definition) is 2. The molecule has 2 aromatic heterocycles. The number of nitrogens with two attached hydrogens (primary N) is 1. The zero-order valence-corrected chi connectivity index (χ0v) is 11.1. The van der Waals surface area contributed by atoms with Gasteiger partial charge in [-0.25, -0.2) is 0 Å². The minimum absolute atomic E-state index is 0.0905. The summed E-state index contributed by atoms with van der Waals surface area (Å²) in [6.45, 7) is 5.21. The van der Waals surface area contributed by atoms with E-state index in [0.29, 0.717) is 18.9 Å². The van der Waals surface area contributed by atoms with Crippen molar-refractivity contribution in [3.63, 3.8) is 0 Å². The Hall–Kier alpha value is -2.31. The van der Waals surface area contributed by atoms with Gasteiger partial charge in [-0.05, 0) is 19.9 Å². The molecule has 2 aromatic rings. The van der Waals surface area contributed by atoms with Crippen LogP contribution in [-0.4, -0.2) is 32.0 Å². The molecule has 1 amide bonds. The number of nitrogen functional groups attached to an aromatic ring is 1. The lowest BCUT2D eigenvalue weighted by molar-refractivity contribution is -0.121. The van der Waals surface area contributed by atoms with E-state index in [1.165, 1.54) is 0 Å². The lowest BCUT2D eigenvalue weighted by Crippen LogP contribution is -2.31. The molecule has 7 heteroatoms. The standard InChI is InChI=1S/C12H18N6O/c1-9-7-17(16-12(9)13)8-11(19)14-5-6-18-10(2)3-4-15-18/h3-4,7H,5-6,8H2,1-2H3,(H2,13,16)(H,14,19). The zero-order chi connectivity index (χ0) is 13.8. The summed E-state index contributed by atoms with van der Waals surface area (Å²) in [5.74, 6) is 0.368.